The van der Waals surface area contributed by atoms with Gasteiger partial charge < -0.3 is 15.1 Å². The van der Waals surface area contributed by atoms with Crippen LogP contribution in [-0.4, -0.2) is 56.1 Å². The summed E-state index contributed by atoms with van der Waals surface area (Å²) in [5.41, 5.74) is 1.61. The van der Waals surface area contributed by atoms with Gasteiger partial charge in [0.2, 0.25) is 0 Å². The quantitative estimate of drug-likeness (QED) is 0.895. The summed E-state index contributed by atoms with van der Waals surface area (Å²) in [6.07, 6.45) is 4.27. The first-order chi connectivity index (χ1) is 10.1. The molecule has 1 amide bonds. The van der Waals surface area contributed by atoms with E-state index in [0.717, 1.165) is 31.2 Å². The number of nitrogens with zero attached hydrogens (tertiary/aromatic N) is 3. The van der Waals surface area contributed by atoms with Crippen LogP contribution in [-0.2, 0) is 0 Å². The number of aromatic nitrogens is 1. The average Bonchev–Trinajstić information content (AvgIpc) is 2.48. The zero-order valence-electron chi connectivity index (χ0n) is 13.3. The summed E-state index contributed by atoms with van der Waals surface area (Å²) in [5, 5.41) is 2.88. The Morgan fingerprint density at radius 1 is 1.38 bits per heavy atom. The van der Waals surface area contributed by atoms with E-state index in [4.69, 9.17) is 0 Å². The molecule has 21 heavy (non-hydrogen) atoms. The van der Waals surface area contributed by atoms with Crippen molar-refractivity contribution in [3.05, 3.63) is 24.0 Å². The second-order valence-corrected chi connectivity index (χ2v) is 6.13. The molecule has 5 heteroatoms. The summed E-state index contributed by atoms with van der Waals surface area (Å²) in [5.74, 6) is 0.714. The van der Waals surface area contributed by atoms with Crippen molar-refractivity contribution >= 4 is 11.6 Å². The van der Waals surface area contributed by atoms with Gasteiger partial charge in [0.05, 0.1) is 11.9 Å². The van der Waals surface area contributed by atoms with Crippen LogP contribution in [0.4, 0.5) is 5.69 Å². The largest absolute Gasteiger partial charge is 0.370 e. The Morgan fingerprint density at radius 3 is 2.67 bits per heavy atom. The predicted molar refractivity (Wildman–Crippen MR) is 85.7 cm³/mol. The molecule has 2 heterocycles. The number of carbonyl (C=O) groups excluding carboxylic acids is 1. The summed E-state index contributed by atoms with van der Waals surface area (Å²) in [6, 6.07) is 3.82. The molecule has 1 aliphatic rings. The lowest BCUT2D eigenvalue weighted by Crippen LogP contribution is -2.33. The summed E-state index contributed by atoms with van der Waals surface area (Å²) < 4.78 is 0. The fraction of sp³-hybridized carbons (Fsp3) is 0.625. The second-order valence-electron chi connectivity index (χ2n) is 6.13. The normalized spacial score (nSPS) is 16.3. The molecule has 1 saturated heterocycles. The van der Waals surface area contributed by atoms with Gasteiger partial charge >= 0.3 is 0 Å². The molecule has 1 aromatic heterocycles. The lowest BCUT2D eigenvalue weighted by Gasteiger charge is -2.31. The molecule has 0 unspecified atom stereocenters. The summed E-state index contributed by atoms with van der Waals surface area (Å²) >= 11 is 0. The van der Waals surface area contributed by atoms with Crippen LogP contribution >= 0.6 is 0 Å². The highest BCUT2D eigenvalue weighted by Gasteiger charge is 2.16. The lowest BCUT2D eigenvalue weighted by atomic mass is 9.99. The first kappa shape index (κ1) is 15.8. The van der Waals surface area contributed by atoms with Gasteiger partial charge in [-0.3, -0.25) is 4.79 Å². The highest BCUT2D eigenvalue weighted by Crippen LogP contribution is 2.22. The number of rotatable bonds is 5. The molecule has 0 radical (unpaired) electrons. The molecule has 1 aliphatic heterocycles. The Kier molecular flexibility index (Phi) is 5.56. The van der Waals surface area contributed by atoms with Gasteiger partial charge in [-0.05, 0) is 45.0 Å². The Balaban J connectivity index is 1.88. The fourth-order valence-electron chi connectivity index (χ4n) is 2.46. The molecule has 1 N–H and O–H groups in total. The molecule has 1 aromatic rings. The van der Waals surface area contributed by atoms with Crippen molar-refractivity contribution in [3.8, 4) is 0 Å². The van der Waals surface area contributed by atoms with Crippen molar-refractivity contribution in [2.75, 3.05) is 45.2 Å². The molecule has 0 bridgehead atoms. The van der Waals surface area contributed by atoms with Gasteiger partial charge in [-0.25, -0.2) is 4.98 Å². The number of amides is 1. The number of hydrogen-bond acceptors (Lipinski definition) is 4. The van der Waals surface area contributed by atoms with Crippen LogP contribution in [0.1, 0.15) is 30.3 Å². The third-order valence-corrected chi connectivity index (χ3v) is 3.97. The van der Waals surface area contributed by atoms with Gasteiger partial charge in [0.15, 0.2) is 0 Å². The van der Waals surface area contributed by atoms with Crippen LogP contribution < -0.4 is 10.2 Å². The third-order valence-electron chi connectivity index (χ3n) is 3.97. The van der Waals surface area contributed by atoms with E-state index in [1.807, 2.05) is 37.3 Å². The molecule has 0 aromatic carbocycles. The van der Waals surface area contributed by atoms with Crippen LogP contribution in [0.2, 0.25) is 0 Å². The second kappa shape index (κ2) is 7.41. The molecule has 116 valence electrons. The Hall–Kier alpha value is -1.62. The van der Waals surface area contributed by atoms with E-state index < -0.39 is 0 Å². The lowest BCUT2D eigenvalue weighted by molar-refractivity contribution is 0.0946. The number of piperidine rings is 1. The average molecular weight is 290 g/mol. The van der Waals surface area contributed by atoms with E-state index in [2.05, 4.69) is 22.1 Å². The van der Waals surface area contributed by atoms with Gasteiger partial charge in [-0.2, -0.15) is 0 Å². The van der Waals surface area contributed by atoms with Crippen molar-refractivity contribution in [1.29, 1.82) is 0 Å². The maximum atomic E-state index is 12.0. The van der Waals surface area contributed by atoms with E-state index in [-0.39, 0.29) is 5.91 Å². The number of hydrogen-bond donors (Lipinski definition) is 1. The number of pyridine rings is 1. The number of nitrogens with one attached hydrogen (secondary N) is 1. The third kappa shape index (κ3) is 4.70. The van der Waals surface area contributed by atoms with Crippen LogP contribution in [0.15, 0.2) is 18.3 Å². The summed E-state index contributed by atoms with van der Waals surface area (Å²) in [7, 11) is 3.97. The monoisotopic (exact) mass is 290 g/mol. The van der Waals surface area contributed by atoms with Crippen molar-refractivity contribution in [3.63, 3.8) is 0 Å². The van der Waals surface area contributed by atoms with E-state index in [0.29, 0.717) is 12.2 Å². The molecule has 0 aliphatic carbocycles. The maximum Gasteiger partial charge on any atom is 0.269 e. The minimum absolute atomic E-state index is 0.101. The van der Waals surface area contributed by atoms with Crippen LogP contribution in [0.25, 0.3) is 0 Å². The van der Waals surface area contributed by atoms with Gasteiger partial charge in [-0.15, -0.1) is 0 Å². The summed E-state index contributed by atoms with van der Waals surface area (Å²) in [6.45, 7) is 5.93. The van der Waals surface area contributed by atoms with Crippen molar-refractivity contribution in [2.24, 2.45) is 5.92 Å². The zero-order chi connectivity index (χ0) is 15.2. The fourth-order valence-corrected chi connectivity index (χ4v) is 2.46. The first-order valence-corrected chi connectivity index (χ1v) is 7.70. The minimum atomic E-state index is -0.101. The molecule has 0 saturated carbocycles. The Bertz CT molecular complexity index is 450. The highest BCUT2D eigenvalue weighted by atomic mass is 16.1. The topological polar surface area (TPSA) is 48.5 Å². The SMILES string of the molecule is CC1CCN(c2ccc(C(=O)NCCN(C)C)nc2)CC1. The van der Waals surface area contributed by atoms with Gasteiger partial charge in [0.25, 0.3) is 5.91 Å². The van der Waals surface area contributed by atoms with Gasteiger partial charge in [0.1, 0.15) is 5.69 Å². The number of carbonyl (C=O) groups is 1. The molecule has 0 atom stereocenters. The van der Waals surface area contributed by atoms with E-state index in [9.17, 15) is 4.79 Å². The molecule has 2 rings (SSSR count). The van der Waals surface area contributed by atoms with Crippen LogP contribution in [0, 0.1) is 5.92 Å². The molecule has 0 spiro atoms. The minimum Gasteiger partial charge on any atom is -0.370 e. The Labute approximate surface area is 127 Å². The van der Waals surface area contributed by atoms with Crippen molar-refractivity contribution in [2.45, 2.75) is 19.8 Å². The molecule has 5 nitrogen and oxygen atoms in total. The van der Waals surface area contributed by atoms with Crippen LogP contribution in [0.3, 0.4) is 0 Å². The smallest absolute Gasteiger partial charge is 0.269 e. The van der Waals surface area contributed by atoms with Crippen LogP contribution in [0.5, 0.6) is 0 Å². The predicted octanol–water partition coefficient (Wildman–Crippen LogP) is 1.61. The molecular weight excluding hydrogens is 264 g/mol. The van der Waals surface area contributed by atoms with Gasteiger partial charge in [-0.1, -0.05) is 6.92 Å². The standard InChI is InChI=1S/C16H26N4O/c1-13-6-9-20(10-7-13)14-4-5-15(18-12-14)16(21)17-8-11-19(2)3/h4-5,12-13H,6-11H2,1-3H3,(H,17,21). The molecule has 1 fully saturated rings. The Morgan fingerprint density at radius 2 is 2.10 bits per heavy atom. The first-order valence-electron chi connectivity index (χ1n) is 7.70. The van der Waals surface area contributed by atoms with Crippen molar-refractivity contribution in [1.82, 2.24) is 15.2 Å². The summed E-state index contributed by atoms with van der Waals surface area (Å²) in [4.78, 5) is 20.6. The van der Waals surface area contributed by atoms with E-state index >= 15 is 0 Å². The number of anilines is 1. The maximum absolute atomic E-state index is 12.0. The highest BCUT2D eigenvalue weighted by molar-refractivity contribution is 5.92. The zero-order valence-corrected chi connectivity index (χ0v) is 13.3. The molecular formula is C16H26N4O. The van der Waals surface area contributed by atoms with Crippen molar-refractivity contribution < 1.29 is 4.79 Å². The van der Waals surface area contributed by atoms with E-state index in [1.165, 1.54) is 12.8 Å². The van der Waals surface area contributed by atoms with E-state index in [1.54, 1.807) is 0 Å². The van der Waals surface area contributed by atoms with Gasteiger partial charge in [0, 0.05) is 26.2 Å². The number of likely N-dealkylation sites (N-methyl/N-ethyl adjacent to an activating group) is 1.